The second-order valence-corrected chi connectivity index (χ2v) is 6.79. The lowest BCUT2D eigenvalue weighted by Gasteiger charge is -2.26. The van der Waals surface area contributed by atoms with Gasteiger partial charge in [0.25, 0.3) is 0 Å². The van der Waals surface area contributed by atoms with Crippen LogP contribution in [0.4, 0.5) is 0 Å². The van der Waals surface area contributed by atoms with Crippen molar-refractivity contribution in [1.29, 1.82) is 0 Å². The average molecular weight is 383 g/mol. The number of nitrogens with zero attached hydrogens (tertiary/aromatic N) is 2. The molecular formula is C22H30N4O2. The van der Waals surface area contributed by atoms with E-state index in [2.05, 4.69) is 33.2 Å². The Morgan fingerprint density at radius 3 is 2.79 bits per heavy atom. The molecule has 1 fully saturated rings. The van der Waals surface area contributed by atoms with Crippen molar-refractivity contribution in [3.63, 3.8) is 0 Å². The Hall–Kier alpha value is -2.73. The highest BCUT2D eigenvalue weighted by molar-refractivity contribution is 5.79. The Kier molecular flexibility index (Phi) is 7.55. The van der Waals surface area contributed by atoms with Crippen LogP contribution in [0.15, 0.2) is 64.7 Å². The molecule has 1 aliphatic heterocycles. The molecule has 28 heavy (non-hydrogen) atoms. The van der Waals surface area contributed by atoms with Crippen LogP contribution in [0.5, 0.6) is 5.75 Å². The minimum Gasteiger partial charge on any atom is -0.489 e. The molecule has 1 aromatic carbocycles. The largest absolute Gasteiger partial charge is 0.489 e. The molecule has 150 valence electrons. The molecule has 0 amide bonds. The first-order valence-corrected chi connectivity index (χ1v) is 9.85. The summed E-state index contributed by atoms with van der Waals surface area (Å²) in [7, 11) is 1.78. The highest BCUT2D eigenvalue weighted by atomic mass is 16.5. The quantitative estimate of drug-likeness (QED) is 0.396. The van der Waals surface area contributed by atoms with Gasteiger partial charge in [-0.1, -0.05) is 30.9 Å². The van der Waals surface area contributed by atoms with Gasteiger partial charge < -0.3 is 19.8 Å². The van der Waals surface area contributed by atoms with Crippen molar-refractivity contribution >= 4 is 5.96 Å². The van der Waals surface area contributed by atoms with Gasteiger partial charge >= 0.3 is 0 Å². The Morgan fingerprint density at radius 2 is 2.07 bits per heavy atom. The third kappa shape index (κ3) is 5.39. The summed E-state index contributed by atoms with van der Waals surface area (Å²) in [4.78, 5) is 6.83. The first-order chi connectivity index (χ1) is 13.8. The summed E-state index contributed by atoms with van der Waals surface area (Å²) in [6.45, 7) is 7.77. The van der Waals surface area contributed by atoms with Gasteiger partial charge in [-0.15, -0.1) is 0 Å². The highest BCUT2D eigenvalue weighted by Crippen LogP contribution is 2.25. The van der Waals surface area contributed by atoms with Gasteiger partial charge in [0.15, 0.2) is 5.96 Å². The summed E-state index contributed by atoms with van der Waals surface area (Å²) in [5.74, 6) is 2.61. The maximum absolute atomic E-state index is 5.73. The fourth-order valence-corrected chi connectivity index (χ4v) is 3.48. The summed E-state index contributed by atoms with van der Waals surface area (Å²) in [6, 6.07) is 12.2. The standard InChI is InChI=1S/C22H30N4O2/c1-3-14-27-20-10-5-4-9-18(20)16-24-22(23-2)25-17-19(21-11-8-15-28-21)26-12-6-7-13-26/h3-5,8-11,15,19H,1,6-7,12-14,16-17H2,2H3,(H2,23,24,25). The molecule has 0 radical (unpaired) electrons. The SMILES string of the molecule is C=CCOc1ccccc1CNC(=NC)NCC(c1ccco1)N1CCCC1. The summed E-state index contributed by atoms with van der Waals surface area (Å²) in [6.07, 6.45) is 5.97. The van der Waals surface area contributed by atoms with Crippen molar-refractivity contribution in [1.82, 2.24) is 15.5 Å². The van der Waals surface area contributed by atoms with Crippen LogP contribution in [0.2, 0.25) is 0 Å². The van der Waals surface area contributed by atoms with Crippen molar-refractivity contribution in [3.05, 3.63) is 66.6 Å². The van der Waals surface area contributed by atoms with E-state index in [1.807, 2.05) is 30.3 Å². The molecule has 1 aromatic heterocycles. The minimum absolute atomic E-state index is 0.208. The maximum Gasteiger partial charge on any atom is 0.191 e. The first kappa shape index (κ1) is 20.0. The third-order valence-corrected chi connectivity index (χ3v) is 4.92. The zero-order valence-corrected chi connectivity index (χ0v) is 16.6. The molecule has 1 saturated heterocycles. The molecule has 0 aliphatic carbocycles. The van der Waals surface area contributed by atoms with Crippen LogP contribution >= 0.6 is 0 Å². The van der Waals surface area contributed by atoms with Crippen LogP contribution in [0, 0.1) is 0 Å². The maximum atomic E-state index is 5.73. The van der Waals surface area contributed by atoms with E-state index in [0.29, 0.717) is 13.2 Å². The molecule has 0 bridgehead atoms. The number of benzene rings is 1. The molecule has 2 heterocycles. The van der Waals surface area contributed by atoms with Gasteiger partial charge in [0.05, 0.1) is 12.3 Å². The molecular weight excluding hydrogens is 352 g/mol. The van der Waals surface area contributed by atoms with E-state index >= 15 is 0 Å². The van der Waals surface area contributed by atoms with Gasteiger partial charge in [0.2, 0.25) is 0 Å². The number of likely N-dealkylation sites (tertiary alicyclic amines) is 1. The van der Waals surface area contributed by atoms with Crippen molar-refractivity contribution in [2.75, 3.05) is 33.3 Å². The predicted molar refractivity (Wildman–Crippen MR) is 113 cm³/mol. The molecule has 0 saturated carbocycles. The second-order valence-electron chi connectivity index (χ2n) is 6.79. The zero-order chi connectivity index (χ0) is 19.6. The molecule has 0 spiro atoms. The lowest BCUT2D eigenvalue weighted by atomic mass is 10.2. The van der Waals surface area contributed by atoms with Gasteiger partial charge in [-0.25, -0.2) is 0 Å². The second kappa shape index (κ2) is 10.6. The highest BCUT2D eigenvalue weighted by Gasteiger charge is 2.25. The monoisotopic (exact) mass is 382 g/mol. The first-order valence-electron chi connectivity index (χ1n) is 9.85. The van der Waals surface area contributed by atoms with E-state index in [1.165, 1.54) is 12.8 Å². The molecule has 6 nitrogen and oxygen atoms in total. The topological polar surface area (TPSA) is 62.0 Å². The van der Waals surface area contributed by atoms with Crippen LogP contribution in [-0.2, 0) is 6.54 Å². The van der Waals surface area contributed by atoms with Crippen molar-refractivity contribution < 1.29 is 9.15 Å². The third-order valence-electron chi connectivity index (χ3n) is 4.92. The summed E-state index contributed by atoms with van der Waals surface area (Å²) in [5, 5.41) is 6.83. The van der Waals surface area contributed by atoms with Gasteiger partial charge in [-0.05, 0) is 44.1 Å². The Bertz CT molecular complexity index is 752. The summed E-state index contributed by atoms with van der Waals surface area (Å²) < 4.78 is 11.4. The van der Waals surface area contributed by atoms with E-state index < -0.39 is 0 Å². The van der Waals surface area contributed by atoms with Crippen molar-refractivity contribution in [2.24, 2.45) is 4.99 Å². The number of hydrogen-bond acceptors (Lipinski definition) is 4. The molecule has 1 atom stereocenters. The smallest absolute Gasteiger partial charge is 0.191 e. The molecule has 1 aliphatic rings. The van der Waals surface area contributed by atoms with Crippen LogP contribution in [0.25, 0.3) is 0 Å². The predicted octanol–water partition coefficient (Wildman–Crippen LogP) is 3.35. The van der Waals surface area contributed by atoms with E-state index in [0.717, 1.165) is 42.7 Å². The number of ether oxygens (including phenoxy) is 1. The number of hydrogen-bond donors (Lipinski definition) is 2. The van der Waals surface area contributed by atoms with Gasteiger partial charge in [-0.2, -0.15) is 0 Å². The van der Waals surface area contributed by atoms with Gasteiger partial charge in [-0.3, -0.25) is 9.89 Å². The van der Waals surface area contributed by atoms with E-state index in [1.54, 1.807) is 19.4 Å². The fourth-order valence-electron chi connectivity index (χ4n) is 3.48. The van der Waals surface area contributed by atoms with Crippen molar-refractivity contribution in [3.8, 4) is 5.75 Å². The number of rotatable bonds is 9. The Morgan fingerprint density at radius 1 is 1.25 bits per heavy atom. The fraction of sp³-hybridized carbons (Fsp3) is 0.409. The van der Waals surface area contributed by atoms with Crippen LogP contribution < -0.4 is 15.4 Å². The van der Waals surface area contributed by atoms with Gasteiger partial charge in [0.1, 0.15) is 18.1 Å². The van der Waals surface area contributed by atoms with Gasteiger partial charge in [0, 0.05) is 25.7 Å². The molecule has 6 heteroatoms. The zero-order valence-electron chi connectivity index (χ0n) is 16.6. The van der Waals surface area contributed by atoms with E-state index in [4.69, 9.17) is 9.15 Å². The number of para-hydroxylation sites is 1. The normalized spacial score (nSPS) is 16.0. The molecule has 1 unspecified atom stereocenters. The van der Waals surface area contributed by atoms with Crippen LogP contribution in [-0.4, -0.2) is 44.1 Å². The number of furan rings is 1. The lowest BCUT2D eigenvalue weighted by Crippen LogP contribution is -2.42. The summed E-state index contributed by atoms with van der Waals surface area (Å²) in [5.41, 5.74) is 1.08. The molecule has 2 N–H and O–H groups in total. The summed E-state index contributed by atoms with van der Waals surface area (Å²) >= 11 is 0. The van der Waals surface area contributed by atoms with E-state index in [9.17, 15) is 0 Å². The minimum atomic E-state index is 0.208. The molecule has 2 aromatic rings. The van der Waals surface area contributed by atoms with Crippen molar-refractivity contribution in [2.45, 2.75) is 25.4 Å². The lowest BCUT2D eigenvalue weighted by molar-refractivity contribution is 0.215. The Labute approximate surface area is 167 Å². The van der Waals surface area contributed by atoms with E-state index in [-0.39, 0.29) is 6.04 Å². The molecule has 3 rings (SSSR count). The van der Waals surface area contributed by atoms with Crippen LogP contribution in [0.1, 0.15) is 30.2 Å². The number of nitrogens with one attached hydrogen (secondary N) is 2. The number of guanidine groups is 1. The van der Waals surface area contributed by atoms with Crippen LogP contribution in [0.3, 0.4) is 0 Å². The number of aliphatic imine (C=N–C) groups is 1. The Balaban J connectivity index is 1.57. The average Bonchev–Trinajstić information content (AvgIpc) is 3.44.